The molecular formula is C38H63N2O6P. The SMILES string of the molecule is CC/C=C\C/C=C\C/C=C\C/C=C\C/C=C\CCCC(=O)NC(COP(=O)(O)OCCN)C(O)/C=C/CC/C=C/CC/C=C/CCC. The first-order valence-electron chi connectivity index (χ1n) is 17.4. The van der Waals surface area contributed by atoms with E-state index in [9.17, 15) is 19.4 Å². The van der Waals surface area contributed by atoms with E-state index in [0.29, 0.717) is 12.8 Å². The zero-order chi connectivity index (χ0) is 34.7. The summed E-state index contributed by atoms with van der Waals surface area (Å²) in [5.74, 6) is -0.273. The molecule has 0 fully saturated rings. The van der Waals surface area contributed by atoms with Crippen LogP contribution in [0, 0.1) is 0 Å². The number of aliphatic hydroxyl groups is 1. The molecule has 0 saturated heterocycles. The smallest absolute Gasteiger partial charge is 0.387 e. The van der Waals surface area contributed by atoms with Gasteiger partial charge in [0.1, 0.15) is 0 Å². The highest BCUT2D eigenvalue weighted by atomic mass is 31.2. The van der Waals surface area contributed by atoms with Gasteiger partial charge in [-0.2, -0.15) is 0 Å². The number of amides is 1. The Morgan fingerprint density at radius 2 is 1.21 bits per heavy atom. The average molecular weight is 675 g/mol. The monoisotopic (exact) mass is 674 g/mol. The minimum absolute atomic E-state index is 0.0569. The maximum atomic E-state index is 12.6. The molecule has 266 valence electrons. The minimum atomic E-state index is -4.36. The van der Waals surface area contributed by atoms with E-state index in [2.05, 4.69) is 104 Å². The number of allylic oxidation sites excluding steroid dienone is 15. The minimum Gasteiger partial charge on any atom is -0.387 e. The number of hydrogen-bond donors (Lipinski definition) is 4. The van der Waals surface area contributed by atoms with E-state index in [1.165, 1.54) is 0 Å². The van der Waals surface area contributed by atoms with Crippen LogP contribution in [0.1, 0.15) is 104 Å². The van der Waals surface area contributed by atoms with Gasteiger partial charge < -0.3 is 21.1 Å². The highest BCUT2D eigenvalue weighted by molar-refractivity contribution is 7.47. The first-order chi connectivity index (χ1) is 22.9. The summed E-state index contributed by atoms with van der Waals surface area (Å²) in [7, 11) is -4.36. The number of aliphatic hydroxyl groups excluding tert-OH is 1. The second-order valence-electron chi connectivity index (χ2n) is 11.0. The Balaban J connectivity index is 4.55. The van der Waals surface area contributed by atoms with Crippen LogP contribution < -0.4 is 11.1 Å². The number of hydrogen-bond acceptors (Lipinski definition) is 6. The highest BCUT2D eigenvalue weighted by Crippen LogP contribution is 2.43. The third-order valence-electron chi connectivity index (χ3n) is 6.60. The molecular weight excluding hydrogens is 611 g/mol. The van der Waals surface area contributed by atoms with Crippen molar-refractivity contribution in [1.29, 1.82) is 0 Å². The molecule has 0 aromatic rings. The van der Waals surface area contributed by atoms with Crippen LogP contribution in [0.3, 0.4) is 0 Å². The van der Waals surface area contributed by atoms with E-state index in [1.807, 2.05) is 6.08 Å². The van der Waals surface area contributed by atoms with Gasteiger partial charge in [0.05, 0.1) is 25.4 Å². The van der Waals surface area contributed by atoms with Crippen LogP contribution in [0.4, 0.5) is 0 Å². The van der Waals surface area contributed by atoms with Crippen LogP contribution in [0.15, 0.2) is 97.2 Å². The number of rotatable bonds is 30. The summed E-state index contributed by atoms with van der Waals surface area (Å²) >= 11 is 0. The number of phosphoric ester groups is 1. The fraction of sp³-hybridized carbons (Fsp3) is 0.553. The standard InChI is InChI=1S/C38H63N2O6P/c1-3-5-7-9-11-13-15-16-17-18-19-20-22-24-26-28-30-32-38(42)40-36(35-46-47(43,44)45-34-33-39)37(41)31-29-27-25-23-21-14-12-10-8-6-4-2/h5,7-8,10-11,13,16-17,19-21,23-24,26,29,31,36-37,41H,3-4,6,9,12,14-15,18,22,25,27-28,30,32-35,39H2,1-2H3,(H,40,42)(H,43,44)/b7-5-,10-8+,13-11-,17-16-,20-19-,23-21+,26-24-,31-29+. The van der Waals surface area contributed by atoms with Gasteiger partial charge in [0, 0.05) is 13.0 Å². The number of carbonyl (C=O) groups excluding carboxylic acids is 1. The van der Waals surface area contributed by atoms with Crippen molar-refractivity contribution in [1.82, 2.24) is 5.32 Å². The number of carbonyl (C=O) groups is 1. The Labute approximate surface area is 285 Å². The lowest BCUT2D eigenvalue weighted by molar-refractivity contribution is -0.122. The zero-order valence-corrected chi connectivity index (χ0v) is 29.9. The van der Waals surface area contributed by atoms with Gasteiger partial charge in [-0.1, -0.05) is 117 Å². The van der Waals surface area contributed by atoms with E-state index in [4.69, 9.17) is 14.8 Å². The van der Waals surface area contributed by atoms with E-state index in [0.717, 1.165) is 70.6 Å². The summed E-state index contributed by atoms with van der Waals surface area (Å²) in [4.78, 5) is 22.5. The number of nitrogens with two attached hydrogens (primary N) is 1. The topological polar surface area (TPSA) is 131 Å². The fourth-order valence-electron chi connectivity index (χ4n) is 4.03. The Kier molecular flexibility index (Phi) is 31.5. The first kappa shape index (κ1) is 44.4. The van der Waals surface area contributed by atoms with Crippen molar-refractivity contribution in [3.8, 4) is 0 Å². The molecule has 0 saturated carbocycles. The van der Waals surface area contributed by atoms with Crippen molar-refractivity contribution in [3.63, 3.8) is 0 Å². The third-order valence-corrected chi connectivity index (χ3v) is 7.59. The maximum Gasteiger partial charge on any atom is 0.472 e. The predicted octanol–water partition coefficient (Wildman–Crippen LogP) is 8.88. The van der Waals surface area contributed by atoms with Crippen molar-refractivity contribution in [3.05, 3.63) is 97.2 Å². The van der Waals surface area contributed by atoms with E-state index in [1.54, 1.807) is 6.08 Å². The van der Waals surface area contributed by atoms with Gasteiger partial charge in [-0.3, -0.25) is 13.8 Å². The fourth-order valence-corrected chi connectivity index (χ4v) is 4.79. The zero-order valence-electron chi connectivity index (χ0n) is 29.0. The number of phosphoric acid groups is 1. The summed E-state index contributed by atoms with van der Waals surface area (Å²) in [6.45, 7) is 3.81. The third kappa shape index (κ3) is 31.8. The molecule has 0 bridgehead atoms. The first-order valence-corrected chi connectivity index (χ1v) is 18.9. The Bertz CT molecular complexity index is 1040. The molecule has 47 heavy (non-hydrogen) atoms. The molecule has 8 nitrogen and oxygen atoms in total. The molecule has 3 atom stereocenters. The molecule has 5 N–H and O–H groups in total. The maximum absolute atomic E-state index is 12.6. The van der Waals surface area contributed by atoms with Crippen LogP contribution >= 0.6 is 7.82 Å². The predicted molar refractivity (Wildman–Crippen MR) is 198 cm³/mol. The quantitative estimate of drug-likeness (QED) is 0.0340. The Hall–Kier alpha value is -2.58. The van der Waals surface area contributed by atoms with Gasteiger partial charge in [0.25, 0.3) is 0 Å². The van der Waals surface area contributed by atoms with Crippen molar-refractivity contribution in [2.24, 2.45) is 5.73 Å². The summed E-state index contributed by atoms with van der Waals surface area (Å²) in [6.07, 6.45) is 44.7. The molecule has 0 aliphatic heterocycles. The van der Waals surface area contributed by atoms with Crippen LogP contribution in [-0.4, -0.2) is 47.8 Å². The second kappa shape index (κ2) is 33.3. The van der Waals surface area contributed by atoms with E-state index >= 15 is 0 Å². The van der Waals surface area contributed by atoms with Gasteiger partial charge in [-0.15, -0.1) is 0 Å². The second-order valence-corrected chi connectivity index (χ2v) is 12.4. The lowest BCUT2D eigenvalue weighted by Crippen LogP contribution is -2.45. The molecule has 0 aromatic heterocycles. The Morgan fingerprint density at radius 1 is 0.723 bits per heavy atom. The molecule has 9 heteroatoms. The Morgan fingerprint density at radius 3 is 1.74 bits per heavy atom. The summed E-state index contributed by atoms with van der Waals surface area (Å²) in [5.41, 5.74) is 5.33. The molecule has 0 heterocycles. The van der Waals surface area contributed by atoms with Crippen molar-refractivity contribution in [2.45, 2.75) is 116 Å². The van der Waals surface area contributed by atoms with Gasteiger partial charge in [0.2, 0.25) is 5.91 Å². The molecule has 3 unspecified atom stereocenters. The van der Waals surface area contributed by atoms with Gasteiger partial charge >= 0.3 is 7.82 Å². The van der Waals surface area contributed by atoms with E-state index < -0.39 is 26.6 Å². The van der Waals surface area contributed by atoms with Gasteiger partial charge in [0.15, 0.2) is 0 Å². The van der Waals surface area contributed by atoms with Crippen LogP contribution in [-0.2, 0) is 18.4 Å². The lowest BCUT2D eigenvalue weighted by atomic mass is 10.1. The summed E-state index contributed by atoms with van der Waals surface area (Å²) in [6, 6.07) is -0.917. The molecule has 0 aliphatic rings. The van der Waals surface area contributed by atoms with Crippen LogP contribution in [0.5, 0.6) is 0 Å². The van der Waals surface area contributed by atoms with Crippen molar-refractivity contribution >= 4 is 13.7 Å². The molecule has 0 rings (SSSR count). The molecule has 1 amide bonds. The van der Waals surface area contributed by atoms with Crippen molar-refractivity contribution < 1.29 is 28.4 Å². The molecule has 0 spiro atoms. The molecule has 0 aromatic carbocycles. The normalized spacial score (nSPS) is 15.6. The highest BCUT2D eigenvalue weighted by Gasteiger charge is 2.26. The van der Waals surface area contributed by atoms with Gasteiger partial charge in [-0.05, 0) is 77.0 Å². The average Bonchev–Trinajstić information content (AvgIpc) is 3.05. The molecule has 0 radical (unpaired) electrons. The van der Waals surface area contributed by atoms with Gasteiger partial charge in [-0.25, -0.2) is 4.57 Å². The lowest BCUT2D eigenvalue weighted by Gasteiger charge is -2.23. The van der Waals surface area contributed by atoms with E-state index in [-0.39, 0.29) is 25.5 Å². The van der Waals surface area contributed by atoms with Crippen LogP contribution in [0.25, 0.3) is 0 Å². The number of nitrogens with one attached hydrogen (secondary N) is 1. The largest absolute Gasteiger partial charge is 0.472 e. The summed E-state index contributed by atoms with van der Waals surface area (Å²) < 4.78 is 21.9. The molecule has 0 aliphatic carbocycles. The van der Waals surface area contributed by atoms with Crippen LogP contribution in [0.2, 0.25) is 0 Å². The summed E-state index contributed by atoms with van der Waals surface area (Å²) in [5, 5.41) is 13.5. The van der Waals surface area contributed by atoms with Crippen molar-refractivity contribution in [2.75, 3.05) is 19.8 Å². The number of unbranched alkanes of at least 4 members (excludes halogenated alkanes) is 4.